The van der Waals surface area contributed by atoms with Crippen molar-refractivity contribution in [3.63, 3.8) is 0 Å². The Labute approximate surface area is 91.7 Å². The van der Waals surface area contributed by atoms with Crippen molar-refractivity contribution in [3.8, 4) is 0 Å². The summed E-state index contributed by atoms with van der Waals surface area (Å²) in [6.45, 7) is 4.74. The summed E-state index contributed by atoms with van der Waals surface area (Å²) in [6, 6.07) is 0.156. The molecule has 0 saturated heterocycles. The van der Waals surface area contributed by atoms with Gasteiger partial charge in [-0.1, -0.05) is 19.8 Å². The summed E-state index contributed by atoms with van der Waals surface area (Å²) in [7, 11) is 0. The van der Waals surface area contributed by atoms with Crippen LogP contribution in [0.1, 0.15) is 39.5 Å². The minimum Gasteiger partial charge on any atom is -0.481 e. The van der Waals surface area contributed by atoms with Crippen LogP contribution in [-0.4, -0.2) is 23.7 Å². The third-order valence-corrected chi connectivity index (χ3v) is 3.15. The van der Waals surface area contributed by atoms with Crippen LogP contribution < -0.4 is 5.32 Å². The lowest BCUT2D eigenvalue weighted by Gasteiger charge is -2.38. The van der Waals surface area contributed by atoms with E-state index in [0.29, 0.717) is 0 Å². The molecule has 0 aromatic rings. The second-order valence-corrected chi connectivity index (χ2v) is 4.08. The third kappa shape index (κ3) is 2.61. The summed E-state index contributed by atoms with van der Waals surface area (Å²) in [5.41, 5.74) is -0.547. The lowest BCUT2D eigenvalue weighted by atomic mass is 9.72. The van der Waals surface area contributed by atoms with E-state index in [9.17, 15) is 4.79 Å². The van der Waals surface area contributed by atoms with Crippen LogP contribution in [-0.2, 0) is 4.79 Å². The average Bonchev–Trinajstić information content (AvgIpc) is 2.09. The summed E-state index contributed by atoms with van der Waals surface area (Å²) in [6.07, 6.45) is 4.00. The molecular weight excluding hydrogens is 202 g/mol. The van der Waals surface area contributed by atoms with E-state index in [4.69, 9.17) is 5.11 Å². The summed E-state index contributed by atoms with van der Waals surface area (Å²) in [4.78, 5) is 11.1. The minimum atomic E-state index is -0.654. The first-order valence-corrected chi connectivity index (χ1v) is 5.08. The molecule has 14 heavy (non-hydrogen) atoms. The number of rotatable bonds is 3. The maximum Gasteiger partial charge on any atom is 0.310 e. The molecule has 0 aromatic carbocycles. The van der Waals surface area contributed by atoms with Gasteiger partial charge in [0.1, 0.15) is 0 Å². The Kier molecular flexibility index (Phi) is 5.45. The predicted molar refractivity (Wildman–Crippen MR) is 58.9 cm³/mol. The fourth-order valence-electron chi connectivity index (χ4n) is 2.16. The van der Waals surface area contributed by atoms with Crippen LogP contribution in [0, 0.1) is 5.41 Å². The zero-order valence-electron chi connectivity index (χ0n) is 8.88. The van der Waals surface area contributed by atoms with Crippen LogP contribution in [0.5, 0.6) is 0 Å². The molecule has 0 radical (unpaired) electrons. The molecule has 0 aliphatic heterocycles. The number of halogens is 1. The maximum atomic E-state index is 11.1. The van der Waals surface area contributed by atoms with Gasteiger partial charge in [0.15, 0.2) is 0 Å². The van der Waals surface area contributed by atoms with Gasteiger partial charge in [0, 0.05) is 6.04 Å². The normalized spacial score (nSPS) is 32.0. The van der Waals surface area contributed by atoms with Crippen molar-refractivity contribution in [1.82, 2.24) is 5.32 Å². The molecular formula is C10H20ClNO2. The number of carboxylic acid groups (broad SMARTS) is 1. The maximum absolute atomic E-state index is 11.1. The molecule has 3 nitrogen and oxygen atoms in total. The summed E-state index contributed by atoms with van der Waals surface area (Å²) in [5, 5.41) is 12.4. The summed E-state index contributed by atoms with van der Waals surface area (Å²) >= 11 is 0. The van der Waals surface area contributed by atoms with Crippen LogP contribution >= 0.6 is 12.4 Å². The largest absolute Gasteiger partial charge is 0.481 e. The van der Waals surface area contributed by atoms with Gasteiger partial charge < -0.3 is 10.4 Å². The second-order valence-electron chi connectivity index (χ2n) is 4.08. The zero-order chi connectivity index (χ0) is 9.90. The van der Waals surface area contributed by atoms with Crippen molar-refractivity contribution in [2.24, 2.45) is 5.41 Å². The van der Waals surface area contributed by atoms with Crippen molar-refractivity contribution < 1.29 is 9.90 Å². The van der Waals surface area contributed by atoms with Crippen LogP contribution in [0.2, 0.25) is 0 Å². The number of nitrogens with one attached hydrogen (secondary N) is 1. The number of aliphatic carboxylic acids is 1. The first kappa shape index (κ1) is 13.7. The Morgan fingerprint density at radius 3 is 2.71 bits per heavy atom. The highest BCUT2D eigenvalue weighted by atomic mass is 35.5. The molecule has 1 aliphatic carbocycles. The van der Waals surface area contributed by atoms with Gasteiger partial charge in [-0.05, 0) is 26.3 Å². The van der Waals surface area contributed by atoms with E-state index < -0.39 is 11.4 Å². The zero-order valence-corrected chi connectivity index (χ0v) is 9.69. The van der Waals surface area contributed by atoms with Crippen molar-refractivity contribution in [2.45, 2.75) is 45.6 Å². The Morgan fingerprint density at radius 1 is 1.57 bits per heavy atom. The van der Waals surface area contributed by atoms with E-state index in [1.807, 2.05) is 13.8 Å². The SMILES string of the molecule is CCNC1CCCCC1(C)C(=O)O.Cl. The van der Waals surface area contributed by atoms with Crippen LogP contribution in [0.15, 0.2) is 0 Å². The third-order valence-electron chi connectivity index (χ3n) is 3.15. The molecule has 0 spiro atoms. The molecule has 4 heteroatoms. The monoisotopic (exact) mass is 221 g/mol. The molecule has 1 aliphatic rings. The van der Waals surface area contributed by atoms with E-state index in [-0.39, 0.29) is 18.4 Å². The Hall–Kier alpha value is -0.280. The van der Waals surface area contributed by atoms with Gasteiger partial charge in [-0.3, -0.25) is 4.79 Å². The predicted octanol–water partition coefficient (Wildman–Crippen LogP) is 2.05. The van der Waals surface area contributed by atoms with E-state index in [1.54, 1.807) is 0 Å². The molecule has 0 amide bonds. The molecule has 1 fully saturated rings. The molecule has 1 saturated carbocycles. The van der Waals surface area contributed by atoms with Gasteiger partial charge in [-0.25, -0.2) is 0 Å². The quantitative estimate of drug-likeness (QED) is 0.767. The Morgan fingerprint density at radius 2 is 2.21 bits per heavy atom. The standard InChI is InChI=1S/C10H19NO2.ClH/c1-3-11-8-6-4-5-7-10(8,2)9(12)13;/h8,11H,3-7H2,1-2H3,(H,12,13);1H. The van der Waals surface area contributed by atoms with Gasteiger partial charge in [-0.2, -0.15) is 0 Å². The van der Waals surface area contributed by atoms with Crippen LogP contribution in [0.3, 0.4) is 0 Å². The smallest absolute Gasteiger partial charge is 0.310 e. The molecule has 2 atom stereocenters. The summed E-state index contributed by atoms with van der Waals surface area (Å²) in [5.74, 6) is -0.654. The summed E-state index contributed by atoms with van der Waals surface area (Å²) < 4.78 is 0. The lowest BCUT2D eigenvalue weighted by molar-refractivity contribution is -0.151. The van der Waals surface area contributed by atoms with Crippen molar-refractivity contribution in [3.05, 3.63) is 0 Å². The fourth-order valence-corrected chi connectivity index (χ4v) is 2.16. The van der Waals surface area contributed by atoms with E-state index >= 15 is 0 Å². The van der Waals surface area contributed by atoms with Gasteiger partial charge in [0.25, 0.3) is 0 Å². The van der Waals surface area contributed by atoms with Crippen molar-refractivity contribution >= 4 is 18.4 Å². The first-order chi connectivity index (χ1) is 6.11. The Bertz CT molecular complexity index is 197. The molecule has 2 N–H and O–H groups in total. The lowest BCUT2D eigenvalue weighted by Crippen LogP contribution is -2.50. The van der Waals surface area contributed by atoms with Crippen molar-refractivity contribution in [2.75, 3.05) is 6.54 Å². The molecule has 0 aromatic heterocycles. The second kappa shape index (κ2) is 5.56. The average molecular weight is 222 g/mol. The van der Waals surface area contributed by atoms with Crippen LogP contribution in [0.25, 0.3) is 0 Å². The molecule has 0 bridgehead atoms. The minimum absolute atomic E-state index is 0. The molecule has 0 heterocycles. The highest BCUT2D eigenvalue weighted by Crippen LogP contribution is 2.36. The van der Waals surface area contributed by atoms with Gasteiger partial charge in [0.05, 0.1) is 5.41 Å². The molecule has 1 rings (SSSR count). The van der Waals surface area contributed by atoms with Crippen molar-refractivity contribution in [1.29, 1.82) is 0 Å². The van der Waals surface area contributed by atoms with E-state index in [2.05, 4.69) is 5.32 Å². The van der Waals surface area contributed by atoms with Gasteiger partial charge in [0.2, 0.25) is 0 Å². The number of carbonyl (C=O) groups is 1. The Balaban J connectivity index is 0.00000169. The van der Waals surface area contributed by atoms with Gasteiger partial charge in [-0.15, -0.1) is 12.4 Å². The highest BCUT2D eigenvalue weighted by molar-refractivity contribution is 5.85. The highest BCUT2D eigenvalue weighted by Gasteiger charge is 2.42. The molecule has 2 unspecified atom stereocenters. The topological polar surface area (TPSA) is 49.3 Å². The van der Waals surface area contributed by atoms with Crippen LogP contribution in [0.4, 0.5) is 0 Å². The first-order valence-electron chi connectivity index (χ1n) is 5.08. The fraction of sp³-hybridized carbons (Fsp3) is 0.900. The number of hydrogen-bond donors (Lipinski definition) is 2. The number of hydrogen-bond acceptors (Lipinski definition) is 2. The van der Waals surface area contributed by atoms with E-state index in [1.165, 1.54) is 0 Å². The van der Waals surface area contributed by atoms with Gasteiger partial charge >= 0.3 is 5.97 Å². The molecule has 84 valence electrons. The number of carboxylic acids is 1. The van der Waals surface area contributed by atoms with E-state index in [0.717, 1.165) is 32.2 Å².